The molecule has 1 atom stereocenters. The minimum atomic E-state index is -1.20. The second kappa shape index (κ2) is 7.36. The summed E-state index contributed by atoms with van der Waals surface area (Å²) in [7, 11) is 0. The number of carboxylic acids is 1. The Balaban J connectivity index is 4.91. The summed E-state index contributed by atoms with van der Waals surface area (Å²) in [4.78, 5) is 24.9. The van der Waals surface area contributed by atoms with Crippen molar-refractivity contribution in [3.8, 4) is 0 Å². The molecule has 5 heteroatoms. The smallest absolute Gasteiger partial charge is 0.335 e. The third-order valence-corrected chi connectivity index (χ3v) is 2.25. The topological polar surface area (TPSA) is 66.8 Å². The fourth-order valence-corrected chi connectivity index (χ4v) is 1.71. The molecule has 0 bridgehead atoms. The summed E-state index contributed by atoms with van der Waals surface area (Å²) < 4.78 is 5.17. The van der Waals surface area contributed by atoms with Gasteiger partial charge in [-0.15, -0.1) is 0 Å². The first-order valence-electron chi connectivity index (χ1n) is 6.42. The highest BCUT2D eigenvalue weighted by Gasteiger charge is 2.35. The number of nitrogens with zero attached hydrogens (tertiary/aromatic N) is 1. The number of carboxylic acid groups (broad SMARTS) is 1. The van der Waals surface area contributed by atoms with Crippen molar-refractivity contribution in [2.24, 2.45) is 0 Å². The van der Waals surface area contributed by atoms with Gasteiger partial charge in [0.1, 0.15) is 5.60 Å². The molecule has 106 valence electrons. The molecule has 0 aromatic rings. The van der Waals surface area contributed by atoms with Crippen LogP contribution in [-0.2, 0) is 14.3 Å². The fourth-order valence-electron chi connectivity index (χ4n) is 1.71. The quantitative estimate of drug-likeness (QED) is 0.558. The van der Waals surface area contributed by atoms with E-state index in [2.05, 4.69) is 0 Å². The van der Waals surface area contributed by atoms with E-state index in [1.165, 1.54) is 0 Å². The van der Waals surface area contributed by atoms with Crippen LogP contribution in [0.25, 0.3) is 0 Å². The molecule has 0 rings (SSSR count). The van der Waals surface area contributed by atoms with Gasteiger partial charge in [-0.3, -0.25) is 4.90 Å². The Morgan fingerprint density at radius 3 is 1.89 bits per heavy atom. The number of carbonyl (C=O) groups is 2. The molecule has 1 unspecified atom stereocenters. The summed E-state index contributed by atoms with van der Waals surface area (Å²) in [5.41, 5.74) is -0.672. The summed E-state index contributed by atoms with van der Waals surface area (Å²) in [6, 6.07) is -1.20. The van der Waals surface area contributed by atoms with Crippen LogP contribution in [0.1, 0.15) is 47.5 Å². The average Bonchev–Trinajstić information content (AvgIpc) is 2.14. The Morgan fingerprint density at radius 2 is 1.61 bits per heavy atom. The molecule has 0 radical (unpaired) electrons. The van der Waals surface area contributed by atoms with Crippen LogP contribution < -0.4 is 0 Å². The molecule has 0 saturated carbocycles. The van der Waals surface area contributed by atoms with Crippen molar-refractivity contribution in [2.75, 3.05) is 13.1 Å². The molecule has 0 fully saturated rings. The van der Waals surface area contributed by atoms with Crippen LogP contribution in [0, 0.1) is 0 Å². The first-order chi connectivity index (χ1) is 8.22. The number of rotatable bonds is 7. The lowest BCUT2D eigenvalue weighted by Crippen LogP contribution is -2.49. The minimum Gasteiger partial charge on any atom is -0.480 e. The van der Waals surface area contributed by atoms with Gasteiger partial charge >= 0.3 is 11.9 Å². The molecule has 1 N–H and O–H groups in total. The third kappa shape index (κ3) is 6.00. The van der Waals surface area contributed by atoms with Gasteiger partial charge in [0.15, 0.2) is 0 Å². The summed E-state index contributed by atoms with van der Waals surface area (Å²) in [5.74, 6) is -1.83. The van der Waals surface area contributed by atoms with Crippen molar-refractivity contribution in [1.82, 2.24) is 4.90 Å². The number of carbonyl (C=O) groups excluding carboxylic acids is 1. The maximum absolute atomic E-state index is 11.9. The highest BCUT2D eigenvalue weighted by Crippen LogP contribution is 2.12. The highest BCUT2D eigenvalue weighted by molar-refractivity contribution is 5.98. The molecule has 0 spiro atoms. The van der Waals surface area contributed by atoms with Crippen molar-refractivity contribution in [3.63, 3.8) is 0 Å². The van der Waals surface area contributed by atoms with Gasteiger partial charge in [0, 0.05) is 0 Å². The van der Waals surface area contributed by atoms with E-state index in [1.807, 2.05) is 13.8 Å². The van der Waals surface area contributed by atoms with E-state index in [0.29, 0.717) is 13.1 Å². The largest absolute Gasteiger partial charge is 0.480 e. The second-order valence-electron chi connectivity index (χ2n) is 5.31. The lowest BCUT2D eigenvalue weighted by Gasteiger charge is -2.29. The Kier molecular flexibility index (Phi) is 6.91. The Bertz CT molecular complexity index is 277. The van der Waals surface area contributed by atoms with E-state index >= 15 is 0 Å². The van der Waals surface area contributed by atoms with E-state index in [1.54, 1.807) is 25.7 Å². The maximum Gasteiger partial charge on any atom is 0.335 e. The molecular formula is C13H25NO4. The van der Waals surface area contributed by atoms with Gasteiger partial charge in [0.25, 0.3) is 0 Å². The van der Waals surface area contributed by atoms with Gasteiger partial charge in [-0.25, -0.2) is 9.59 Å². The van der Waals surface area contributed by atoms with Crippen LogP contribution in [-0.4, -0.2) is 46.7 Å². The predicted molar refractivity (Wildman–Crippen MR) is 69.4 cm³/mol. The van der Waals surface area contributed by atoms with E-state index in [9.17, 15) is 14.7 Å². The van der Waals surface area contributed by atoms with Crippen LogP contribution >= 0.6 is 0 Å². The van der Waals surface area contributed by atoms with E-state index in [4.69, 9.17) is 4.74 Å². The first-order valence-corrected chi connectivity index (χ1v) is 6.42. The molecule has 0 amide bonds. The minimum absolute atomic E-state index is 0.573. The van der Waals surface area contributed by atoms with Crippen LogP contribution in [0.3, 0.4) is 0 Å². The van der Waals surface area contributed by atoms with Gasteiger partial charge in [-0.2, -0.15) is 0 Å². The molecule has 5 nitrogen and oxygen atoms in total. The van der Waals surface area contributed by atoms with Crippen molar-refractivity contribution in [2.45, 2.75) is 59.1 Å². The SMILES string of the molecule is CCCN(CCC)C(C(=O)O)C(=O)OC(C)(C)C. The van der Waals surface area contributed by atoms with Gasteiger partial charge < -0.3 is 9.84 Å². The zero-order valence-corrected chi connectivity index (χ0v) is 12.0. The zero-order valence-electron chi connectivity index (χ0n) is 12.0. The second-order valence-corrected chi connectivity index (χ2v) is 5.31. The number of hydrogen-bond donors (Lipinski definition) is 1. The normalized spacial score (nSPS) is 13.4. The van der Waals surface area contributed by atoms with E-state index in [-0.39, 0.29) is 0 Å². The standard InChI is InChI=1S/C13H25NO4/c1-6-8-14(9-7-2)10(11(15)16)12(17)18-13(3,4)5/h10H,6-9H2,1-5H3,(H,15,16). The fraction of sp³-hybridized carbons (Fsp3) is 0.846. The Labute approximate surface area is 109 Å². The van der Waals surface area contributed by atoms with Crippen LogP contribution in [0.4, 0.5) is 0 Å². The number of esters is 1. The van der Waals surface area contributed by atoms with Gasteiger partial charge in [0.05, 0.1) is 0 Å². The third-order valence-electron chi connectivity index (χ3n) is 2.25. The van der Waals surface area contributed by atoms with E-state index < -0.39 is 23.6 Å². The monoisotopic (exact) mass is 259 g/mol. The molecule has 18 heavy (non-hydrogen) atoms. The number of aliphatic carboxylic acids is 1. The van der Waals surface area contributed by atoms with Crippen LogP contribution in [0.15, 0.2) is 0 Å². The first kappa shape index (κ1) is 16.9. The molecule has 0 aliphatic heterocycles. The predicted octanol–water partition coefficient (Wildman–Crippen LogP) is 1.90. The van der Waals surface area contributed by atoms with E-state index in [0.717, 1.165) is 12.8 Å². The van der Waals surface area contributed by atoms with Crippen molar-refractivity contribution >= 4 is 11.9 Å². The molecule has 0 aromatic carbocycles. The maximum atomic E-state index is 11.9. The lowest BCUT2D eigenvalue weighted by atomic mass is 10.1. The summed E-state index contributed by atoms with van der Waals surface area (Å²) in [6.07, 6.45) is 1.60. The van der Waals surface area contributed by atoms with Gasteiger partial charge in [-0.05, 0) is 46.7 Å². The highest BCUT2D eigenvalue weighted by atomic mass is 16.6. The lowest BCUT2D eigenvalue weighted by molar-refractivity contribution is -0.168. The molecule has 0 heterocycles. The van der Waals surface area contributed by atoms with Crippen LogP contribution in [0.2, 0.25) is 0 Å². The van der Waals surface area contributed by atoms with Gasteiger partial charge in [0.2, 0.25) is 6.04 Å². The van der Waals surface area contributed by atoms with Gasteiger partial charge in [-0.1, -0.05) is 13.8 Å². The zero-order chi connectivity index (χ0) is 14.3. The molecule has 0 aromatic heterocycles. The average molecular weight is 259 g/mol. The molecule has 0 aliphatic rings. The summed E-state index contributed by atoms with van der Waals surface area (Å²) >= 11 is 0. The molecule has 0 saturated heterocycles. The van der Waals surface area contributed by atoms with Crippen molar-refractivity contribution in [1.29, 1.82) is 0 Å². The number of hydrogen-bond acceptors (Lipinski definition) is 4. The summed E-state index contributed by atoms with van der Waals surface area (Å²) in [6.45, 7) is 10.2. The van der Waals surface area contributed by atoms with Crippen molar-refractivity contribution in [3.05, 3.63) is 0 Å². The summed E-state index contributed by atoms with van der Waals surface area (Å²) in [5, 5.41) is 9.22. The van der Waals surface area contributed by atoms with Crippen LogP contribution in [0.5, 0.6) is 0 Å². The molecule has 0 aliphatic carbocycles. The van der Waals surface area contributed by atoms with Crippen molar-refractivity contribution < 1.29 is 19.4 Å². The number of ether oxygens (including phenoxy) is 1. The Morgan fingerprint density at radius 1 is 1.17 bits per heavy atom. The Hall–Kier alpha value is -1.10. The molecular weight excluding hydrogens is 234 g/mol.